The van der Waals surface area contributed by atoms with Gasteiger partial charge in [-0.25, -0.2) is 9.78 Å². The van der Waals surface area contributed by atoms with E-state index in [1.807, 2.05) is 32.0 Å². The number of hydrogen-bond acceptors (Lipinski definition) is 7. The van der Waals surface area contributed by atoms with E-state index in [0.717, 1.165) is 5.56 Å². The number of anilines is 1. The van der Waals surface area contributed by atoms with Crippen molar-refractivity contribution in [3.8, 4) is 0 Å². The van der Waals surface area contributed by atoms with Gasteiger partial charge in [-0.15, -0.1) is 23.1 Å². The van der Waals surface area contributed by atoms with Crippen LogP contribution in [0.1, 0.15) is 50.5 Å². The molecule has 2 aliphatic rings. The molecule has 3 heterocycles. The highest BCUT2D eigenvalue weighted by molar-refractivity contribution is 8.01. The number of methoxy groups -OCH3 is 1. The molecule has 0 unspecified atom stereocenters. The summed E-state index contributed by atoms with van der Waals surface area (Å²) in [6.45, 7) is 5.66. The Morgan fingerprint density at radius 2 is 2.00 bits per heavy atom. The van der Waals surface area contributed by atoms with Gasteiger partial charge in [0.05, 0.1) is 7.11 Å². The lowest BCUT2D eigenvalue weighted by atomic mass is 10.0. The summed E-state index contributed by atoms with van der Waals surface area (Å²) in [5.74, 6) is -0.994. The fraction of sp³-hybridized carbons (Fsp3) is 0.368. The number of hydrogen-bond donors (Lipinski definition) is 1. The van der Waals surface area contributed by atoms with Gasteiger partial charge in [-0.3, -0.25) is 9.59 Å². The molecule has 1 fully saturated rings. The molecule has 9 heteroatoms. The van der Waals surface area contributed by atoms with Crippen LogP contribution in [0.2, 0.25) is 0 Å². The molecule has 2 aliphatic heterocycles. The first-order valence-electron chi connectivity index (χ1n) is 8.70. The van der Waals surface area contributed by atoms with Gasteiger partial charge in [-0.1, -0.05) is 18.2 Å². The Hall–Kier alpha value is -2.39. The zero-order chi connectivity index (χ0) is 20.2. The first-order chi connectivity index (χ1) is 13.2. The number of amides is 2. The van der Waals surface area contributed by atoms with E-state index in [9.17, 15) is 14.4 Å². The highest BCUT2D eigenvalue weighted by Crippen LogP contribution is 2.56. The van der Waals surface area contributed by atoms with E-state index in [1.54, 1.807) is 29.7 Å². The maximum Gasteiger partial charge on any atom is 0.357 e. The number of benzene rings is 1. The minimum Gasteiger partial charge on any atom is -0.464 e. The number of rotatable bonds is 3. The Balaban J connectivity index is 1.63. The summed E-state index contributed by atoms with van der Waals surface area (Å²) in [7, 11) is 1.29. The Bertz CT molecular complexity index is 1000. The standard InChI is InChI=1S/C19H19N3O4S2/c1-9-12(17(25)26-4)20-18(27-9)21-14(23)13-19(2,3)28-16-11-8-6-5-7-10(11)15(24)22(13)16/h5-8,13,16H,1-4H3,(H,20,21,23)/t13-,16-/m1/s1. The number of nitrogens with zero attached hydrogens (tertiary/aromatic N) is 2. The Morgan fingerprint density at radius 1 is 1.29 bits per heavy atom. The van der Waals surface area contributed by atoms with E-state index in [-0.39, 0.29) is 22.9 Å². The van der Waals surface area contributed by atoms with Crippen LogP contribution in [0, 0.1) is 6.92 Å². The first-order valence-corrected chi connectivity index (χ1v) is 10.4. The average molecular weight is 418 g/mol. The molecule has 2 atom stereocenters. The minimum atomic E-state index is -0.659. The summed E-state index contributed by atoms with van der Waals surface area (Å²) < 4.78 is 4.23. The Kier molecular flexibility index (Phi) is 4.46. The van der Waals surface area contributed by atoms with E-state index >= 15 is 0 Å². The van der Waals surface area contributed by atoms with Crippen LogP contribution in [0.4, 0.5) is 5.13 Å². The van der Waals surface area contributed by atoms with Crippen LogP contribution in [0.5, 0.6) is 0 Å². The maximum absolute atomic E-state index is 13.2. The number of nitrogens with one attached hydrogen (secondary N) is 1. The largest absolute Gasteiger partial charge is 0.464 e. The van der Waals surface area contributed by atoms with Crippen molar-refractivity contribution in [2.24, 2.45) is 0 Å². The van der Waals surface area contributed by atoms with Gasteiger partial charge < -0.3 is 15.0 Å². The van der Waals surface area contributed by atoms with Crippen molar-refractivity contribution in [1.29, 1.82) is 0 Å². The van der Waals surface area contributed by atoms with Gasteiger partial charge >= 0.3 is 5.97 Å². The number of fused-ring (bicyclic) bond motifs is 3. The number of ether oxygens (including phenoxy) is 1. The average Bonchev–Trinajstić information content (AvgIpc) is 3.24. The molecule has 146 valence electrons. The van der Waals surface area contributed by atoms with Crippen LogP contribution in [-0.2, 0) is 9.53 Å². The van der Waals surface area contributed by atoms with Crippen molar-refractivity contribution in [3.63, 3.8) is 0 Å². The highest BCUT2D eigenvalue weighted by atomic mass is 32.2. The van der Waals surface area contributed by atoms with Crippen molar-refractivity contribution < 1.29 is 19.1 Å². The number of aromatic nitrogens is 1. The molecular formula is C19H19N3O4S2. The normalized spacial score (nSPS) is 22.0. The van der Waals surface area contributed by atoms with E-state index < -0.39 is 16.8 Å². The Labute approximate surface area is 170 Å². The molecule has 1 saturated heterocycles. The van der Waals surface area contributed by atoms with Gasteiger partial charge in [0.25, 0.3) is 5.91 Å². The minimum absolute atomic E-state index is 0.135. The molecule has 1 aromatic heterocycles. The lowest BCUT2D eigenvalue weighted by Crippen LogP contribution is -2.50. The number of esters is 1. The van der Waals surface area contributed by atoms with E-state index in [4.69, 9.17) is 4.74 Å². The molecule has 0 aliphatic carbocycles. The van der Waals surface area contributed by atoms with Crippen molar-refractivity contribution in [1.82, 2.24) is 9.88 Å². The quantitative estimate of drug-likeness (QED) is 0.772. The van der Waals surface area contributed by atoms with E-state index in [0.29, 0.717) is 15.6 Å². The molecule has 2 aromatic rings. The molecule has 4 rings (SSSR count). The van der Waals surface area contributed by atoms with Gasteiger partial charge in [-0.05, 0) is 32.4 Å². The first kappa shape index (κ1) is 18.9. The number of carbonyl (C=O) groups excluding carboxylic acids is 3. The number of aryl methyl sites for hydroxylation is 1. The van der Waals surface area contributed by atoms with Crippen LogP contribution in [0.3, 0.4) is 0 Å². The van der Waals surface area contributed by atoms with Crippen LogP contribution < -0.4 is 5.32 Å². The molecule has 2 amide bonds. The molecule has 7 nitrogen and oxygen atoms in total. The predicted octanol–water partition coefficient (Wildman–Crippen LogP) is 3.23. The summed E-state index contributed by atoms with van der Waals surface area (Å²) in [6.07, 6.45) is 0. The van der Waals surface area contributed by atoms with Gasteiger partial charge in [0, 0.05) is 15.2 Å². The second-order valence-electron chi connectivity index (χ2n) is 7.18. The van der Waals surface area contributed by atoms with Gasteiger partial charge in [0.15, 0.2) is 10.8 Å². The fourth-order valence-corrected chi connectivity index (χ4v) is 6.11. The zero-order valence-electron chi connectivity index (χ0n) is 15.8. The van der Waals surface area contributed by atoms with Crippen molar-refractivity contribution in [2.75, 3.05) is 12.4 Å². The molecule has 28 heavy (non-hydrogen) atoms. The van der Waals surface area contributed by atoms with Crippen molar-refractivity contribution >= 4 is 46.0 Å². The topological polar surface area (TPSA) is 88.6 Å². The summed E-state index contributed by atoms with van der Waals surface area (Å²) in [6, 6.07) is 6.81. The van der Waals surface area contributed by atoms with Gasteiger partial charge in [0.1, 0.15) is 11.4 Å². The second-order valence-corrected chi connectivity index (χ2v) is 10.1. The second kappa shape index (κ2) is 6.59. The third-order valence-electron chi connectivity index (χ3n) is 4.95. The summed E-state index contributed by atoms with van der Waals surface area (Å²) in [4.78, 5) is 44.4. The Morgan fingerprint density at radius 3 is 2.71 bits per heavy atom. The van der Waals surface area contributed by atoms with Crippen LogP contribution in [-0.4, -0.2) is 45.6 Å². The number of carbonyl (C=O) groups is 3. The third kappa shape index (κ3) is 2.80. The highest BCUT2D eigenvalue weighted by Gasteiger charge is 2.57. The van der Waals surface area contributed by atoms with Gasteiger partial charge in [-0.2, -0.15) is 0 Å². The van der Waals surface area contributed by atoms with Crippen LogP contribution in [0.15, 0.2) is 24.3 Å². The number of thioether (sulfide) groups is 1. The molecule has 0 spiro atoms. The molecular weight excluding hydrogens is 398 g/mol. The summed E-state index contributed by atoms with van der Waals surface area (Å²) in [5, 5.41) is 2.93. The monoisotopic (exact) mass is 417 g/mol. The predicted molar refractivity (Wildman–Crippen MR) is 108 cm³/mol. The molecule has 0 bridgehead atoms. The molecule has 0 radical (unpaired) electrons. The molecule has 0 saturated carbocycles. The molecule has 1 aromatic carbocycles. The summed E-state index contributed by atoms with van der Waals surface area (Å²) >= 11 is 2.81. The smallest absolute Gasteiger partial charge is 0.357 e. The lowest BCUT2D eigenvalue weighted by Gasteiger charge is -2.29. The number of thiazole rings is 1. The van der Waals surface area contributed by atoms with Crippen LogP contribution >= 0.6 is 23.1 Å². The van der Waals surface area contributed by atoms with Crippen molar-refractivity contribution in [2.45, 2.75) is 36.9 Å². The third-order valence-corrected chi connectivity index (χ3v) is 7.37. The van der Waals surface area contributed by atoms with E-state index in [2.05, 4.69) is 10.3 Å². The zero-order valence-corrected chi connectivity index (χ0v) is 17.4. The van der Waals surface area contributed by atoms with Crippen LogP contribution in [0.25, 0.3) is 0 Å². The maximum atomic E-state index is 13.2. The summed E-state index contributed by atoms with van der Waals surface area (Å²) in [5.41, 5.74) is 1.77. The lowest BCUT2D eigenvalue weighted by molar-refractivity contribution is -0.121. The fourth-order valence-electron chi connectivity index (χ4n) is 3.71. The van der Waals surface area contributed by atoms with E-state index in [1.165, 1.54) is 18.4 Å². The van der Waals surface area contributed by atoms with Crippen molar-refractivity contribution in [3.05, 3.63) is 46.0 Å². The van der Waals surface area contributed by atoms with Gasteiger partial charge in [0.2, 0.25) is 5.91 Å². The molecule has 1 N–H and O–H groups in total. The SMILES string of the molecule is COC(=O)c1nc(NC(=O)[C@H]2N3C(=O)c4ccccc4[C@H]3SC2(C)C)sc1C.